The van der Waals surface area contributed by atoms with Crippen LogP contribution < -0.4 is 14.8 Å². The highest BCUT2D eigenvalue weighted by atomic mass is 35.5. The summed E-state index contributed by atoms with van der Waals surface area (Å²) in [5.41, 5.74) is 1.31. The van der Waals surface area contributed by atoms with Crippen LogP contribution in [0.25, 0.3) is 0 Å². The van der Waals surface area contributed by atoms with E-state index in [1.165, 1.54) is 6.07 Å². The van der Waals surface area contributed by atoms with Gasteiger partial charge in [-0.2, -0.15) is 0 Å². The molecule has 2 rings (SSSR count). The Morgan fingerprint density at radius 1 is 1.17 bits per heavy atom. The molecule has 3 nitrogen and oxygen atoms in total. The van der Waals surface area contributed by atoms with Gasteiger partial charge >= 0.3 is 0 Å². The first-order valence-electron chi connectivity index (χ1n) is 8.09. The highest BCUT2D eigenvalue weighted by molar-refractivity contribution is 6.31. The minimum Gasteiger partial charge on any atom is -0.493 e. The maximum absolute atomic E-state index is 13.9. The zero-order valence-electron chi connectivity index (χ0n) is 14.1. The molecule has 24 heavy (non-hydrogen) atoms. The average Bonchev–Trinajstić information content (AvgIpc) is 2.59. The molecule has 1 N–H and O–H groups in total. The number of ether oxygens (including phenoxy) is 2. The van der Waals surface area contributed by atoms with Gasteiger partial charge < -0.3 is 14.8 Å². The number of hydrogen-bond donors (Lipinski definition) is 1. The van der Waals surface area contributed by atoms with Crippen molar-refractivity contribution in [3.05, 3.63) is 58.4 Å². The summed E-state index contributed by atoms with van der Waals surface area (Å²) < 4.78 is 25.2. The second-order valence-corrected chi connectivity index (χ2v) is 5.87. The summed E-state index contributed by atoms with van der Waals surface area (Å²) in [4.78, 5) is 0. The van der Waals surface area contributed by atoms with Crippen LogP contribution in [-0.2, 0) is 13.2 Å². The van der Waals surface area contributed by atoms with Gasteiger partial charge in [0.25, 0.3) is 0 Å². The summed E-state index contributed by atoms with van der Waals surface area (Å²) in [6.07, 6.45) is 2.26. The molecule has 0 aliphatic rings. The van der Waals surface area contributed by atoms with Gasteiger partial charge in [-0.25, -0.2) is 4.39 Å². The first-order chi connectivity index (χ1) is 11.7. The zero-order chi connectivity index (χ0) is 17.4. The molecule has 130 valence electrons. The molecule has 0 aliphatic heterocycles. The van der Waals surface area contributed by atoms with E-state index in [2.05, 4.69) is 12.2 Å². The van der Waals surface area contributed by atoms with E-state index in [1.54, 1.807) is 19.2 Å². The SMILES string of the molecule is CCCCNCc1cccc(OC)c1OCc1c(F)cccc1Cl. The number of hydrogen-bond acceptors (Lipinski definition) is 3. The van der Waals surface area contributed by atoms with Crippen molar-refractivity contribution in [3.8, 4) is 11.5 Å². The largest absolute Gasteiger partial charge is 0.493 e. The number of nitrogens with one attached hydrogen (secondary N) is 1. The smallest absolute Gasteiger partial charge is 0.166 e. The van der Waals surface area contributed by atoms with Crippen LogP contribution in [0.2, 0.25) is 5.02 Å². The van der Waals surface area contributed by atoms with E-state index in [9.17, 15) is 4.39 Å². The summed E-state index contributed by atoms with van der Waals surface area (Å²) in [5.74, 6) is 0.862. The molecule has 0 fully saturated rings. The van der Waals surface area contributed by atoms with Gasteiger partial charge in [0, 0.05) is 17.7 Å². The van der Waals surface area contributed by atoms with Crippen LogP contribution in [0.3, 0.4) is 0 Å². The number of benzene rings is 2. The number of rotatable bonds is 9. The van der Waals surface area contributed by atoms with Crippen molar-refractivity contribution >= 4 is 11.6 Å². The third-order valence-electron chi connectivity index (χ3n) is 3.73. The molecule has 0 spiro atoms. The fourth-order valence-electron chi connectivity index (χ4n) is 2.36. The molecule has 2 aromatic carbocycles. The fraction of sp³-hybridized carbons (Fsp3) is 0.368. The Labute approximate surface area is 147 Å². The molecule has 5 heteroatoms. The number of halogens is 2. The third kappa shape index (κ3) is 4.86. The predicted molar refractivity (Wildman–Crippen MR) is 95.4 cm³/mol. The maximum Gasteiger partial charge on any atom is 0.166 e. The normalized spacial score (nSPS) is 10.7. The molecular formula is C19H23ClFNO2. The van der Waals surface area contributed by atoms with Crippen molar-refractivity contribution in [1.29, 1.82) is 0 Å². The second kappa shape index (κ2) is 9.50. The van der Waals surface area contributed by atoms with Crippen LogP contribution >= 0.6 is 11.6 Å². The molecule has 0 bridgehead atoms. The lowest BCUT2D eigenvalue weighted by molar-refractivity contribution is 0.276. The summed E-state index contributed by atoms with van der Waals surface area (Å²) in [6, 6.07) is 10.3. The highest BCUT2D eigenvalue weighted by Crippen LogP contribution is 2.32. The lowest BCUT2D eigenvalue weighted by Crippen LogP contribution is -2.15. The Morgan fingerprint density at radius 2 is 1.96 bits per heavy atom. The minimum absolute atomic E-state index is 0.0494. The molecule has 0 aliphatic carbocycles. The van der Waals surface area contributed by atoms with Crippen molar-refractivity contribution in [1.82, 2.24) is 5.32 Å². The molecular weight excluding hydrogens is 329 g/mol. The fourth-order valence-corrected chi connectivity index (χ4v) is 2.58. The Bertz CT molecular complexity index is 644. The van der Waals surface area contributed by atoms with Crippen LogP contribution in [-0.4, -0.2) is 13.7 Å². The van der Waals surface area contributed by atoms with Gasteiger partial charge in [0.2, 0.25) is 0 Å². The third-order valence-corrected chi connectivity index (χ3v) is 4.08. The topological polar surface area (TPSA) is 30.5 Å². The molecule has 2 aromatic rings. The lowest BCUT2D eigenvalue weighted by Gasteiger charge is -2.16. The van der Waals surface area contributed by atoms with E-state index in [0.29, 0.717) is 28.6 Å². The van der Waals surface area contributed by atoms with E-state index in [-0.39, 0.29) is 12.4 Å². The minimum atomic E-state index is -0.375. The van der Waals surface area contributed by atoms with Gasteiger partial charge in [0.1, 0.15) is 12.4 Å². The van der Waals surface area contributed by atoms with Gasteiger partial charge in [0.15, 0.2) is 11.5 Å². The number of unbranched alkanes of at least 4 members (excludes halogenated alkanes) is 1. The van der Waals surface area contributed by atoms with Gasteiger partial charge in [-0.1, -0.05) is 43.1 Å². The predicted octanol–water partition coefficient (Wildman–Crippen LogP) is 4.96. The van der Waals surface area contributed by atoms with Gasteiger partial charge in [-0.3, -0.25) is 0 Å². The summed E-state index contributed by atoms with van der Waals surface area (Å²) in [6.45, 7) is 3.80. The van der Waals surface area contributed by atoms with E-state index in [4.69, 9.17) is 21.1 Å². The maximum atomic E-state index is 13.9. The zero-order valence-corrected chi connectivity index (χ0v) is 14.8. The number of methoxy groups -OCH3 is 1. The lowest BCUT2D eigenvalue weighted by atomic mass is 10.1. The molecule has 0 radical (unpaired) electrons. The Hall–Kier alpha value is -1.78. The van der Waals surface area contributed by atoms with E-state index < -0.39 is 0 Å². The summed E-state index contributed by atoms with van der Waals surface area (Å²) >= 11 is 6.06. The van der Waals surface area contributed by atoms with Crippen LogP contribution in [0.15, 0.2) is 36.4 Å². The first kappa shape index (κ1) is 18.6. The molecule has 0 saturated carbocycles. The first-order valence-corrected chi connectivity index (χ1v) is 8.47. The van der Waals surface area contributed by atoms with Crippen LogP contribution in [0.4, 0.5) is 4.39 Å². The summed E-state index contributed by atoms with van der Waals surface area (Å²) in [5, 5.41) is 3.73. The van der Waals surface area contributed by atoms with Crippen molar-refractivity contribution in [2.24, 2.45) is 0 Å². The molecule has 0 atom stereocenters. The molecule has 0 amide bonds. The number of para-hydroxylation sites is 1. The van der Waals surface area contributed by atoms with Crippen molar-refractivity contribution < 1.29 is 13.9 Å². The van der Waals surface area contributed by atoms with E-state index in [0.717, 1.165) is 24.9 Å². The molecule has 0 unspecified atom stereocenters. The van der Waals surface area contributed by atoms with Crippen LogP contribution in [0.5, 0.6) is 11.5 Å². The Balaban J connectivity index is 2.15. The molecule has 0 heterocycles. The van der Waals surface area contributed by atoms with E-state index in [1.807, 2.05) is 18.2 Å². The van der Waals surface area contributed by atoms with Crippen LogP contribution in [0.1, 0.15) is 30.9 Å². The molecule has 0 saturated heterocycles. The molecule has 0 aromatic heterocycles. The van der Waals surface area contributed by atoms with Gasteiger partial charge in [-0.15, -0.1) is 0 Å². The monoisotopic (exact) mass is 351 g/mol. The van der Waals surface area contributed by atoms with Gasteiger partial charge in [0.05, 0.1) is 12.1 Å². The Kier molecular flexibility index (Phi) is 7.35. The average molecular weight is 352 g/mol. The standard InChI is InChI=1S/C19H23ClFNO2/c1-3-4-11-22-12-14-7-5-10-18(23-2)19(14)24-13-15-16(20)8-6-9-17(15)21/h5-10,22H,3-4,11-13H2,1-2H3. The highest BCUT2D eigenvalue weighted by Gasteiger charge is 2.13. The van der Waals surface area contributed by atoms with Crippen molar-refractivity contribution in [2.75, 3.05) is 13.7 Å². The Morgan fingerprint density at radius 3 is 2.67 bits per heavy atom. The summed E-state index contributed by atoms with van der Waals surface area (Å²) in [7, 11) is 1.59. The quantitative estimate of drug-likeness (QED) is 0.648. The van der Waals surface area contributed by atoms with Crippen LogP contribution in [0, 0.1) is 5.82 Å². The van der Waals surface area contributed by atoms with Gasteiger partial charge in [-0.05, 0) is 31.2 Å². The van der Waals surface area contributed by atoms with Crippen molar-refractivity contribution in [3.63, 3.8) is 0 Å². The second-order valence-electron chi connectivity index (χ2n) is 5.47. The van der Waals surface area contributed by atoms with Crippen molar-refractivity contribution in [2.45, 2.75) is 32.9 Å². The van der Waals surface area contributed by atoms with E-state index >= 15 is 0 Å².